The van der Waals surface area contributed by atoms with E-state index in [2.05, 4.69) is 0 Å². The zero-order valence-electron chi connectivity index (χ0n) is 17.8. The number of amides is 2. The van der Waals surface area contributed by atoms with Gasteiger partial charge in [0, 0.05) is 18.0 Å². The highest BCUT2D eigenvalue weighted by molar-refractivity contribution is 7.09. The SMILES string of the molecule is CC(C)CN(CC(=O)N(Cc1ccccc1)Cc1cccs1)C(=O)c1ccccc1F. The summed E-state index contributed by atoms with van der Waals surface area (Å²) < 4.78 is 14.2. The van der Waals surface area contributed by atoms with Gasteiger partial charge in [0.2, 0.25) is 5.91 Å². The molecule has 0 N–H and O–H groups in total. The average Bonchev–Trinajstić information content (AvgIpc) is 3.26. The van der Waals surface area contributed by atoms with Crippen LogP contribution in [0.15, 0.2) is 72.1 Å². The van der Waals surface area contributed by atoms with E-state index in [0.29, 0.717) is 19.6 Å². The van der Waals surface area contributed by atoms with Crippen molar-refractivity contribution in [3.8, 4) is 0 Å². The van der Waals surface area contributed by atoms with Gasteiger partial charge in [0.25, 0.3) is 5.91 Å². The van der Waals surface area contributed by atoms with Crippen LogP contribution in [0.2, 0.25) is 0 Å². The Bertz CT molecular complexity index is 990. The Morgan fingerprint density at radius 2 is 1.61 bits per heavy atom. The molecule has 0 aliphatic heterocycles. The van der Waals surface area contributed by atoms with E-state index in [0.717, 1.165) is 10.4 Å². The lowest BCUT2D eigenvalue weighted by atomic mass is 10.1. The van der Waals surface area contributed by atoms with Crippen LogP contribution < -0.4 is 0 Å². The number of carbonyl (C=O) groups is 2. The quantitative estimate of drug-likeness (QED) is 0.460. The van der Waals surface area contributed by atoms with E-state index in [9.17, 15) is 14.0 Å². The van der Waals surface area contributed by atoms with Crippen LogP contribution in [0.4, 0.5) is 4.39 Å². The van der Waals surface area contributed by atoms with Crippen LogP contribution in [0.1, 0.15) is 34.6 Å². The first-order valence-electron chi connectivity index (χ1n) is 10.3. The van der Waals surface area contributed by atoms with Crippen LogP contribution >= 0.6 is 11.3 Å². The molecule has 3 rings (SSSR count). The van der Waals surface area contributed by atoms with Gasteiger partial charge >= 0.3 is 0 Å². The fourth-order valence-corrected chi connectivity index (χ4v) is 4.07. The fraction of sp³-hybridized carbons (Fsp3) is 0.280. The number of benzene rings is 2. The first kappa shape index (κ1) is 22.7. The molecule has 2 amide bonds. The molecule has 0 aliphatic rings. The van der Waals surface area contributed by atoms with Crippen molar-refractivity contribution in [2.45, 2.75) is 26.9 Å². The minimum absolute atomic E-state index is 0.0104. The Balaban J connectivity index is 1.81. The van der Waals surface area contributed by atoms with Crippen LogP contribution in [-0.2, 0) is 17.9 Å². The van der Waals surface area contributed by atoms with E-state index in [1.807, 2.05) is 61.7 Å². The molecule has 0 saturated carbocycles. The predicted octanol–water partition coefficient (Wildman–Crippen LogP) is 5.21. The predicted molar refractivity (Wildman–Crippen MR) is 122 cm³/mol. The first-order chi connectivity index (χ1) is 14.9. The van der Waals surface area contributed by atoms with Gasteiger partial charge in [-0.3, -0.25) is 9.59 Å². The molecule has 0 atom stereocenters. The van der Waals surface area contributed by atoms with E-state index in [-0.39, 0.29) is 23.9 Å². The lowest BCUT2D eigenvalue weighted by molar-refractivity contribution is -0.133. The van der Waals surface area contributed by atoms with Gasteiger partial charge in [-0.1, -0.05) is 62.4 Å². The van der Waals surface area contributed by atoms with Crippen LogP contribution in [0.5, 0.6) is 0 Å². The highest BCUT2D eigenvalue weighted by Crippen LogP contribution is 2.17. The Kier molecular flexibility index (Phi) is 7.95. The minimum atomic E-state index is -0.576. The molecule has 31 heavy (non-hydrogen) atoms. The highest BCUT2D eigenvalue weighted by Gasteiger charge is 2.25. The number of nitrogens with zero attached hydrogens (tertiary/aromatic N) is 2. The third kappa shape index (κ3) is 6.49. The summed E-state index contributed by atoms with van der Waals surface area (Å²) in [6.45, 7) is 5.13. The summed E-state index contributed by atoms with van der Waals surface area (Å²) in [5, 5.41) is 1.98. The van der Waals surface area contributed by atoms with Gasteiger partial charge in [0.05, 0.1) is 12.1 Å². The second-order valence-corrected chi connectivity index (χ2v) is 8.91. The van der Waals surface area contributed by atoms with Gasteiger partial charge in [0.1, 0.15) is 12.4 Å². The second-order valence-electron chi connectivity index (χ2n) is 7.87. The molecule has 0 saturated heterocycles. The summed E-state index contributed by atoms with van der Waals surface area (Å²) in [7, 11) is 0. The Morgan fingerprint density at radius 3 is 2.26 bits per heavy atom. The number of rotatable bonds is 9. The van der Waals surface area contributed by atoms with Gasteiger partial charge in [-0.25, -0.2) is 4.39 Å². The van der Waals surface area contributed by atoms with Gasteiger partial charge in [0.15, 0.2) is 0 Å². The van der Waals surface area contributed by atoms with Crippen LogP contribution in [-0.4, -0.2) is 34.7 Å². The average molecular weight is 439 g/mol. The van der Waals surface area contributed by atoms with Crippen molar-refractivity contribution < 1.29 is 14.0 Å². The lowest BCUT2D eigenvalue weighted by Crippen LogP contribution is -2.44. The maximum atomic E-state index is 14.2. The molecule has 162 valence electrons. The number of halogens is 1. The number of carbonyl (C=O) groups excluding carboxylic acids is 2. The Hall–Kier alpha value is -2.99. The summed E-state index contributed by atoms with van der Waals surface area (Å²) in [4.78, 5) is 30.7. The van der Waals surface area contributed by atoms with Crippen molar-refractivity contribution in [2.24, 2.45) is 5.92 Å². The molecule has 0 radical (unpaired) electrons. The summed E-state index contributed by atoms with van der Waals surface area (Å²) in [6, 6.07) is 19.6. The molecular formula is C25H27FN2O2S. The summed E-state index contributed by atoms with van der Waals surface area (Å²) in [5.74, 6) is -1.06. The maximum Gasteiger partial charge on any atom is 0.257 e. The first-order valence-corrected chi connectivity index (χ1v) is 11.2. The lowest BCUT2D eigenvalue weighted by Gasteiger charge is -2.29. The molecule has 4 nitrogen and oxygen atoms in total. The standard InChI is InChI=1S/C25H27FN2O2S/c1-19(2)15-28(25(30)22-12-6-7-13-23(22)26)18-24(29)27(17-21-11-8-14-31-21)16-20-9-4-3-5-10-20/h3-14,19H,15-18H2,1-2H3. The Morgan fingerprint density at radius 1 is 0.903 bits per heavy atom. The number of thiophene rings is 1. The normalized spacial score (nSPS) is 10.8. The zero-order valence-corrected chi connectivity index (χ0v) is 18.6. The highest BCUT2D eigenvalue weighted by atomic mass is 32.1. The zero-order chi connectivity index (χ0) is 22.2. The molecule has 0 aliphatic carbocycles. The molecule has 6 heteroatoms. The molecular weight excluding hydrogens is 411 g/mol. The van der Waals surface area contributed by atoms with Gasteiger partial charge in [-0.2, -0.15) is 0 Å². The molecule has 3 aromatic rings. The molecule has 0 bridgehead atoms. The van der Waals surface area contributed by atoms with Crippen molar-refractivity contribution in [1.29, 1.82) is 0 Å². The molecule has 1 aromatic heterocycles. The van der Waals surface area contributed by atoms with Crippen LogP contribution in [0, 0.1) is 11.7 Å². The van der Waals surface area contributed by atoms with E-state index in [1.165, 1.54) is 17.0 Å². The van der Waals surface area contributed by atoms with Gasteiger partial charge in [-0.05, 0) is 35.1 Å². The van der Waals surface area contributed by atoms with Gasteiger partial charge < -0.3 is 9.80 Å². The van der Waals surface area contributed by atoms with E-state index < -0.39 is 11.7 Å². The summed E-state index contributed by atoms with van der Waals surface area (Å²) in [5.41, 5.74) is 1.01. The van der Waals surface area contributed by atoms with E-state index in [1.54, 1.807) is 28.4 Å². The molecule has 0 fully saturated rings. The molecule has 2 aromatic carbocycles. The topological polar surface area (TPSA) is 40.6 Å². The molecule has 0 unspecified atom stereocenters. The van der Waals surface area contributed by atoms with E-state index >= 15 is 0 Å². The van der Waals surface area contributed by atoms with Crippen molar-refractivity contribution in [3.05, 3.63) is 93.9 Å². The van der Waals surface area contributed by atoms with Gasteiger partial charge in [-0.15, -0.1) is 11.3 Å². The third-order valence-electron chi connectivity index (χ3n) is 4.80. The second kappa shape index (κ2) is 10.9. The third-order valence-corrected chi connectivity index (χ3v) is 5.66. The largest absolute Gasteiger partial charge is 0.332 e. The smallest absolute Gasteiger partial charge is 0.257 e. The van der Waals surface area contributed by atoms with Crippen LogP contribution in [0.3, 0.4) is 0 Å². The number of hydrogen-bond acceptors (Lipinski definition) is 3. The monoisotopic (exact) mass is 438 g/mol. The number of hydrogen-bond donors (Lipinski definition) is 0. The fourth-order valence-electron chi connectivity index (χ4n) is 3.36. The molecule has 0 spiro atoms. The summed E-state index contributed by atoms with van der Waals surface area (Å²) >= 11 is 1.59. The van der Waals surface area contributed by atoms with Crippen molar-refractivity contribution >= 4 is 23.2 Å². The van der Waals surface area contributed by atoms with Crippen molar-refractivity contribution in [2.75, 3.05) is 13.1 Å². The van der Waals surface area contributed by atoms with Crippen molar-refractivity contribution in [3.63, 3.8) is 0 Å². The van der Waals surface area contributed by atoms with Crippen molar-refractivity contribution in [1.82, 2.24) is 9.80 Å². The Labute approximate surface area is 186 Å². The molecule has 1 heterocycles. The van der Waals surface area contributed by atoms with Crippen LogP contribution in [0.25, 0.3) is 0 Å². The minimum Gasteiger partial charge on any atom is -0.332 e. The summed E-state index contributed by atoms with van der Waals surface area (Å²) in [6.07, 6.45) is 0. The van der Waals surface area contributed by atoms with E-state index in [4.69, 9.17) is 0 Å². The maximum absolute atomic E-state index is 14.2.